The number of carbonyl (C=O) groups excluding carboxylic acids is 1. The fraction of sp³-hybridized carbons (Fsp3) is 0.200. The van der Waals surface area contributed by atoms with Crippen LogP contribution in [0.3, 0.4) is 0 Å². The first-order chi connectivity index (χ1) is 12.5. The van der Waals surface area contributed by atoms with Crippen LogP contribution < -0.4 is 15.4 Å². The summed E-state index contributed by atoms with van der Waals surface area (Å²) in [5.41, 5.74) is 4.72. The number of benzene rings is 2. The number of nitrogens with zero attached hydrogens (tertiary/aromatic N) is 1. The zero-order valence-corrected chi connectivity index (χ0v) is 16.0. The fourth-order valence-corrected chi connectivity index (χ4v) is 3.49. The van der Waals surface area contributed by atoms with Crippen molar-refractivity contribution in [3.63, 3.8) is 0 Å². The van der Waals surface area contributed by atoms with Crippen LogP contribution in [0.2, 0.25) is 0 Å². The SMILES string of the molecule is COc1cccc(NC(=O)c2sc(Nc3ccc(C)cc3C)nc2C)c1. The van der Waals surface area contributed by atoms with E-state index in [-0.39, 0.29) is 5.91 Å². The number of amides is 1. The summed E-state index contributed by atoms with van der Waals surface area (Å²) in [6.45, 7) is 5.95. The monoisotopic (exact) mass is 367 g/mol. The summed E-state index contributed by atoms with van der Waals surface area (Å²) in [5, 5.41) is 6.90. The molecule has 3 aromatic rings. The molecule has 0 fully saturated rings. The molecule has 0 saturated heterocycles. The molecule has 0 atom stereocenters. The van der Waals surface area contributed by atoms with Crippen LogP contribution in [0.4, 0.5) is 16.5 Å². The number of aromatic nitrogens is 1. The fourth-order valence-electron chi connectivity index (χ4n) is 2.62. The lowest BCUT2D eigenvalue weighted by Crippen LogP contribution is -2.11. The van der Waals surface area contributed by atoms with E-state index in [2.05, 4.69) is 28.6 Å². The Hall–Kier alpha value is -2.86. The van der Waals surface area contributed by atoms with Crippen LogP contribution in [0.25, 0.3) is 0 Å². The standard InChI is InChI=1S/C20H21N3O2S/c1-12-8-9-17(13(2)10-12)23-20-21-14(3)18(26-20)19(24)22-15-6-5-7-16(11-15)25-4/h5-11H,1-4H3,(H,21,23)(H,22,24). The molecule has 0 aliphatic rings. The van der Waals surface area contributed by atoms with Gasteiger partial charge in [0.15, 0.2) is 5.13 Å². The average Bonchev–Trinajstić information content (AvgIpc) is 2.98. The van der Waals surface area contributed by atoms with Gasteiger partial charge >= 0.3 is 0 Å². The molecule has 26 heavy (non-hydrogen) atoms. The first-order valence-electron chi connectivity index (χ1n) is 8.23. The minimum absolute atomic E-state index is 0.179. The van der Waals surface area contributed by atoms with E-state index in [4.69, 9.17) is 4.74 Å². The van der Waals surface area contributed by atoms with Gasteiger partial charge in [0.1, 0.15) is 10.6 Å². The molecule has 3 rings (SSSR count). The maximum atomic E-state index is 12.6. The van der Waals surface area contributed by atoms with E-state index in [1.54, 1.807) is 13.2 Å². The highest BCUT2D eigenvalue weighted by Crippen LogP contribution is 2.28. The molecule has 0 spiro atoms. The van der Waals surface area contributed by atoms with Crippen molar-refractivity contribution in [1.29, 1.82) is 0 Å². The molecular weight excluding hydrogens is 346 g/mol. The van der Waals surface area contributed by atoms with Crippen LogP contribution in [-0.2, 0) is 0 Å². The maximum absolute atomic E-state index is 12.6. The molecule has 2 aromatic carbocycles. The third kappa shape index (κ3) is 4.03. The molecule has 0 unspecified atom stereocenters. The molecule has 1 heterocycles. The number of hydrogen-bond donors (Lipinski definition) is 2. The summed E-state index contributed by atoms with van der Waals surface area (Å²) in [5.74, 6) is 0.517. The minimum Gasteiger partial charge on any atom is -0.497 e. The van der Waals surface area contributed by atoms with Gasteiger partial charge in [0, 0.05) is 17.4 Å². The summed E-state index contributed by atoms with van der Waals surface area (Å²) in [6.07, 6.45) is 0. The number of hydrogen-bond acceptors (Lipinski definition) is 5. The quantitative estimate of drug-likeness (QED) is 0.661. The predicted octanol–water partition coefficient (Wildman–Crippen LogP) is 5.07. The van der Waals surface area contributed by atoms with Gasteiger partial charge < -0.3 is 15.4 Å². The summed E-state index contributed by atoms with van der Waals surface area (Å²) < 4.78 is 5.18. The minimum atomic E-state index is -0.179. The van der Waals surface area contributed by atoms with Crippen molar-refractivity contribution in [1.82, 2.24) is 4.98 Å². The van der Waals surface area contributed by atoms with E-state index in [1.165, 1.54) is 16.9 Å². The third-order valence-electron chi connectivity index (χ3n) is 3.95. The molecule has 6 heteroatoms. The van der Waals surface area contributed by atoms with Gasteiger partial charge in [-0.05, 0) is 44.5 Å². The Balaban J connectivity index is 1.77. The lowest BCUT2D eigenvalue weighted by atomic mass is 10.1. The van der Waals surface area contributed by atoms with E-state index in [0.29, 0.717) is 27.1 Å². The van der Waals surface area contributed by atoms with E-state index >= 15 is 0 Å². The topological polar surface area (TPSA) is 63.2 Å². The summed E-state index contributed by atoms with van der Waals surface area (Å²) in [7, 11) is 1.60. The van der Waals surface area contributed by atoms with Crippen molar-refractivity contribution in [2.24, 2.45) is 0 Å². The van der Waals surface area contributed by atoms with Crippen molar-refractivity contribution >= 4 is 33.8 Å². The summed E-state index contributed by atoms with van der Waals surface area (Å²) in [6, 6.07) is 13.5. The van der Waals surface area contributed by atoms with E-state index in [1.807, 2.05) is 44.2 Å². The number of nitrogens with one attached hydrogen (secondary N) is 2. The lowest BCUT2D eigenvalue weighted by molar-refractivity contribution is 0.103. The van der Waals surface area contributed by atoms with Crippen LogP contribution in [0, 0.1) is 20.8 Å². The Bertz CT molecular complexity index is 950. The number of anilines is 3. The molecule has 0 aliphatic carbocycles. The highest BCUT2D eigenvalue weighted by molar-refractivity contribution is 7.17. The molecular formula is C20H21N3O2S. The Labute approximate surface area is 157 Å². The van der Waals surface area contributed by atoms with Crippen LogP contribution in [-0.4, -0.2) is 18.0 Å². The van der Waals surface area contributed by atoms with Crippen LogP contribution in [0.15, 0.2) is 42.5 Å². The Morgan fingerprint density at radius 1 is 1.12 bits per heavy atom. The zero-order chi connectivity index (χ0) is 18.7. The molecule has 2 N–H and O–H groups in total. The van der Waals surface area contributed by atoms with Crippen LogP contribution in [0.1, 0.15) is 26.5 Å². The highest BCUT2D eigenvalue weighted by atomic mass is 32.1. The average molecular weight is 367 g/mol. The van der Waals surface area contributed by atoms with Gasteiger partial charge in [-0.25, -0.2) is 4.98 Å². The van der Waals surface area contributed by atoms with E-state index in [0.717, 1.165) is 11.3 Å². The molecule has 1 amide bonds. The highest BCUT2D eigenvalue weighted by Gasteiger charge is 2.16. The second-order valence-corrected chi connectivity index (χ2v) is 7.06. The lowest BCUT2D eigenvalue weighted by Gasteiger charge is -2.07. The van der Waals surface area contributed by atoms with Crippen molar-refractivity contribution in [2.75, 3.05) is 17.7 Å². The molecule has 0 aliphatic heterocycles. The number of methoxy groups -OCH3 is 1. The Kier molecular flexibility index (Phi) is 5.23. The van der Waals surface area contributed by atoms with E-state index < -0.39 is 0 Å². The van der Waals surface area contributed by atoms with Gasteiger partial charge in [-0.15, -0.1) is 0 Å². The van der Waals surface area contributed by atoms with Gasteiger partial charge in [0.25, 0.3) is 5.91 Å². The van der Waals surface area contributed by atoms with Gasteiger partial charge in [0.05, 0.1) is 12.8 Å². The third-order valence-corrected chi connectivity index (χ3v) is 5.03. The summed E-state index contributed by atoms with van der Waals surface area (Å²) in [4.78, 5) is 17.7. The molecule has 0 saturated carbocycles. The smallest absolute Gasteiger partial charge is 0.267 e. The molecule has 5 nitrogen and oxygen atoms in total. The number of rotatable bonds is 5. The van der Waals surface area contributed by atoms with Gasteiger partial charge in [-0.2, -0.15) is 0 Å². The van der Waals surface area contributed by atoms with Crippen molar-refractivity contribution in [2.45, 2.75) is 20.8 Å². The van der Waals surface area contributed by atoms with Gasteiger partial charge in [0.2, 0.25) is 0 Å². The molecule has 0 radical (unpaired) electrons. The first kappa shape index (κ1) is 17.9. The van der Waals surface area contributed by atoms with Crippen LogP contribution in [0.5, 0.6) is 5.75 Å². The van der Waals surface area contributed by atoms with Gasteiger partial charge in [-0.3, -0.25) is 4.79 Å². The molecule has 1 aromatic heterocycles. The van der Waals surface area contributed by atoms with Crippen molar-refractivity contribution in [3.05, 3.63) is 64.2 Å². The van der Waals surface area contributed by atoms with Crippen molar-refractivity contribution in [3.8, 4) is 5.75 Å². The van der Waals surface area contributed by atoms with Crippen LogP contribution >= 0.6 is 11.3 Å². The zero-order valence-electron chi connectivity index (χ0n) is 15.2. The first-order valence-corrected chi connectivity index (χ1v) is 9.05. The number of carbonyl (C=O) groups is 1. The molecule has 134 valence electrons. The second-order valence-electron chi connectivity index (χ2n) is 6.06. The molecule has 0 bridgehead atoms. The maximum Gasteiger partial charge on any atom is 0.267 e. The van der Waals surface area contributed by atoms with E-state index in [9.17, 15) is 4.79 Å². The number of ether oxygens (including phenoxy) is 1. The second kappa shape index (κ2) is 7.58. The largest absolute Gasteiger partial charge is 0.497 e. The predicted molar refractivity (Wildman–Crippen MR) is 107 cm³/mol. The number of thiazole rings is 1. The number of aryl methyl sites for hydroxylation is 3. The Morgan fingerprint density at radius 2 is 1.92 bits per heavy atom. The normalized spacial score (nSPS) is 10.5. The van der Waals surface area contributed by atoms with Gasteiger partial charge in [-0.1, -0.05) is 35.1 Å². The van der Waals surface area contributed by atoms with Crippen molar-refractivity contribution < 1.29 is 9.53 Å². The Morgan fingerprint density at radius 3 is 2.65 bits per heavy atom. The summed E-state index contributed by atoms with van der Waals surface area (Å²) >= 11 is 1.34.